The standard InChI is InChI=1S/C50H37N3O/c1-31-34-11-5-3-2-4-10-32-24-36(27-38(25-32)52-45-14-8-6-12-39(45)40-13-7-9-15-46(40)52)35-18-22-48-43(28-35)44-29-37(19-23-49(44)54-48)53-47-21-16-33(30-51)26-42(47)41(20-17-34)50(31)53/h6-9,12-16,18-29,31H,2-5,10-11H2,1H3. The van der Waals surface area contributed by atoms with Crippen LogP contribution >= 0.6 is 0 Å². The molecule has 0 saturated heterocycles. The minimum absolute atomic E-state index is 0.203. The quantitative estimate of drug-likeness (QED) is 0.161. The van der Waals surface area contributed by atoms with E-state index in [1.807, 2.05) is 12.1 Å². The lowest BCUT2D eigenvalue weighted by atomic mass is 9.87. The van der Waals surface area contributed by atoms with Crippen molar-refractivity contribution in [2.24, 2.45) is 0 Å². The Morgan fingerprint density at radius 1 is 0.611 bits per heavy atom. The first kappa shape index (κ1) is 31.0. The van der Waals surface area contributed by atoms with Crippen molar-refractivity contribution in [3.05, 3.63) is 155 Å². The van der Waals surface area contributed by atoms with E-state index in [1.165, 1.54) is 73.9 Å². The number of para-hydroxylation sites is 2. The van der Waals surface area contributed by atoms with Gasteiger partial charge in [0.1, 0.15) is 11.2 Å². The zero-order valence-corrected chi connectivity index (χ0v) is 30.2. The van der Waals surface area contributed by atoms with Crippen LogP contribution in [0.2, 0.25) is 0 Å². The Kier molecular flexibility index (Phi) is 6.90. The molecule has 0 amide bonds. The number of allylic oxidation sites excluding steroid dienone is 1. The molecule has 0 saturated carbocycles. The van der Waals surface area contributed by atoms with Gasteiger partial charge in [-0.25, -0.2) is 0 Å². The van der Waals surface area contributed by atoms with E-state index in [2.05, 4.69) is 143 Å². The lowest BCUT2D eigenvalue weighted by molar-refractivity contribution is 0.622. The van der Waals surface area contributed by atoms with Crippen LogP contribution in [0.1, 0.15) is 67.3 Å². The number of aryl methyl sites for hydroxylation is 1. The van der Waals surface area contributed by atoms with Gasteiger partial charge in [-0.2, -0.15) is 5.26 Å². The van der Waals surface area contributed by atoms with Crippen molar-refractivity contribution in [3.63, 3.8) is 0 Å². The van der Waals surface area contributed by atoms with Crippen LogP contribution in [-0.4, -0.2) is 9.13 Å². The summed E-state index contributed by atoms with van der Waals surface area (Å²) in [5, 5.41) is 15.7. The van der Waals surface area contributed by atoms with E-state index < -0.39 is 0 Å². The van der Waals surface area contributed by atoms with Gasteiger partial charge in [0.05, 0.1) is 28.2 Å². The maximum absolute atomic E-state index is 9.81. The van der Waals surface area contributed by atoms with Crippen LogP contribution in [0, 0.1) is 11.3 Å². The Bertz CT molecular complexity index is 3080. The van der Waals surface area contributed by atoms with E-state index >= 15 is 0 Å². The molecule has 1 unspecified atom stereocenters. The SMILES string of the molecule is CC1C2=C=Cc3c1n(c1ccc(C#N)cc31)-c1ccc3oc4ccc(cc4c3c1)-c1cc(cc(-n3c4ccccc4c4ccccc43)c1)CCCCCC2. The topological polar surface area (TPSA) is 46.8 Å². The lowest BCUT2D eigenvalue weighted by Gasteiger charge is -2.22. The van der Waals surface area contributed by atoms with Crippen molar-refractivity contribution < 1.29 is 4.42 Å². The number of fused-ring (bicyclic) bond motifs is 13. The lowest BCUT2D eigenvalue weighted by Crippen LogP contribution is -2.09. The molecule has 0 N–H and O–H groups in total. The number of rotatable bonds is 1. The summed E-state index contributed by atoms with van der Waals surface area (Å²) in [7, 11) is 0. The monoisotopic (exact) mass is 695 g/mol. The van der Waals surface area contributed by atoms with Crippen LogP contribution in [0.25, 0.3) is 83.2 Å². The highest BCUT2D eigenvalue weighted by Crippen LogP contribution is 2.43. The summed E-state index contributed by atoms with van der Waals surface area (Å²) < 4.78 is 11.4. The molecule has 1 atom stereocenters. The van der Waals surface area contributed by atoms with Crippen molar-refractivity contribution in [1.82, 2.24) is 9.13 Å². The van der Waals surface area contributed by atoms with E-state index in [4.69, 9.17) is 4.42 Å². The number of benzene rings is 6. The van der Waals surface area contributed by atoms with Gasteiger partial charge in [0.2, 0.25) is 0 Å². The van der Waals surface area contributed by atoms with Gasteiger partial charge < -0.3 is 13.6 Å². The van der Waals surface area contributed by atoms with Crippen molar-refractivity contribution in [3.8, 4) is 28.6 Å². The summed E-state index contributed by atoms with van der Waals surface area (Å²) in [6, 6.07) is 46.5. The second kappa shape index (κ2) is 12.0. The van der Waals surface area contributed by atoms with E-state index in [0.29, 0.717) is 5.56 Å². The van der Waals surface area contributed by atoms with Crippen LogP contribution in [0.3, 0.4) is 0 Å². The fourth-order valence-electron chi connectivity index (χ4n) is 9.40. The predicted molar refractivity (Wildman–Crippen MR) is 222 cm³/mol. The zero-order valence-electron chi connectivity index (χ0n) is 30.2. The van der Waals surface area contributed by atoms with Crippen LogP contribution in [0.15, 0.2) is 137 Å². The van der Waals surface area contributed by atoms with Gasteiger partial charge in [0.15, 0.2) is 0 Å². The number of hydrogen-bond donors (Lipinski definition) is 0. The van der Waals surface area contributed by atoms with Gasteiger partial charge in [-0.05, 0) is 127 Å². The van der Waals surface area contributed by atoms with Gasteiger partial charge in [0.25, 0.3) is 0 Å². The number of aromatic nitrogens is 2. The van der Waals surface area contributed by atoms with Crippen molar-refractivity contribution >= 4 is 60.7 Å². The van der Waals surface area contributed by atoms with E-state index in [1.54, 1.807) is 0 Å². The molecule has 1 aliphatic carbocycles. The first-order chi connectivity index (χ1) is 26.6. The summed E-state index contributed by atoms with van der Waals surface area (Å²) in [6.07, 6.45) is 8.90. The summed E-state index contributed by atoms with van der Waals surface area (Å²) in [5.41, 5.74) is 19.6. The molecular formula is C50H37N3O. The second-order valence-electron chi connectivity index (χ2n) is 15.2. The molecule has 4 nitrogen and oxygen atoms in total. The molecule has 6 aromatic carbocycles. The zero-order chi connectivity index (χ0) is 35.9. The van der Waals surface area contributed by atoms with Crippen molar-refractivity contribution in [2.45, 2.75) is 51.4 Å². The fourth-order valence-corrected chi connectivity index (χ4v) is 9.40. The summed E-state index contributed by atoms with van der Waals surface area (Å²) >= 11 is 0. The molecule has 1 aliphatic heterocycles. The summed E-state index contributed by atoms with van der Waals surface area (Å²) in [4.78, 5) is 0. The highest BCUT2D eigenvalue weighted by Gasteiger charge is 2.27. The molecule has 3 aromatic heterocycles. The minimum atomic E-state index is 0.203. The molecule has 11 rings (SSSR count). The van der Waals surface area contributed by atoms with Gasteiger partial charge in [-0.15, -0.1) is 5.73 Å². The first-order valence-electron chi connectivity index (χ1n) is 19.3. The van der Waals surface area contributed by atoms with Crippen LogP contribution < -0.4 is 0 Å². The van der Waals surface area contributed by atoms with E-state index in [-0.39, 0.29) is 5.92 Å². The number of nitriles is 1. The maximum atomic E-state index is 9.81. The predicted octanol–water partition coefficient (Wildman–Crippen LogP) is 13.3. The van der Waals surface area contributed by atoms with Crippen LogP contribution in [0.5, 0.6) is 0 Å². The molecule has 2 aliphatic rings. The van der Waals surface area contributed by atoms with E-state index in [9.17, 15) is 5.26 Å². The minimum Gasteiger partial charge on any atom is -0.456 e. The Morgan fingerprint density at radius 2 is 1.33 bits per heavy atom. The van der Waals surface area contributed by atoms with Crippen molar-refractivity contribution in [1.29, 1.82) is 5.26 Å². The molecular weight excluding hydrogens is 659 g/mol. The summed E-state index contributed by atoms with van der Waals surface area (Å²) in [6.45, 7) is 2.33. The Morgan fingerprint density at radius 3 is 2.13 bits per heavy atom. The van der Waals surface area contributed by atoms with E-state index in [0.717, 1.165) is 64.2 Å². The Labute approximate surface area is 313 Å². The van der Waals surface area contributed by atoms with Gasteiger partial charge in [0, 0.05) is 55.5 Å². The van der Waals surface area contributed by atoms with Crippen LogP contribution in [0.4, 0.5) is 0 Å². The molecule has 0 spiro atoms. The smallest absolute Gasteiger partial charge is 0.135 e. The average molecular weight is 696 g/mol. The highest BCUT2D eigenvalue weighted by atomic mass is 16.3. The molecule has 8 bridgehead atoms. The highest BCUT2D eigenvalue weighted by molar-refractivity contribution is 6.10. The third-order valence-electron chi connectivity index (χ3n) is 12.0. The molecule has 4 heterocycles. The largest absolute Gasteiger partial charge is 0.456 e. The average Bonchev–Trinajstić information content (AvgIpc) is 3.86. The summed E-state index contributed by atoms with van der Waals surface area (Å²) in [5.74, 6) is 0.203. The Hall–Kier alpha value is -6.53. The number of hydrogen-bond acceptors (Lipinski definition) is 2. The molecule has 4 heteroatoms. The molecule has 0 radical (unpaired) electrons. The van der Waals surface area contributed by atoms with Gasteiger partial charge in [-0.1, -0.05) is 68.3 Å². The first-order valence-corrected chi connectivity index (χ1v) is 19.3. The number of furan rings is 1. The van der Waals surface area contributed by atoms with Gasteiger partial charge in [-0.3, -0.25) is 0 Å². The number of nitrogens with zero attached hydrogens (tertiary/aromatic N) is 3. The van der Waals surface area contributed by atoms with Gasteiger partial charge >= 0.3 is 0 Å². The third-order valence-corrected chi connectivity index (χ3v) is 12.0. The third kappa shape index (κ3) is 4.69. The van der Waals surface area contributed by atoms with Crippen molar-refractivity contribution in [2.75, 3.05) is 0 Å². The second-order valence-corrected chi connectivity index (χ2v) is 15.2. The molecule has 0 fully saturated rings. The normalized spacial score (nSPS) is 15.7. The molecule has 258 valence electrons. The van der Waals surface area contributed by atoms with Crippen LogP contribution in [-0.2, 0) is 6.42 Å². The Balaban J connectivity index is 1.14. The molecule has 9 aromatic rings. The fraction of sp³-hybridized carbons (Fsp3) is 0.160. The molecule has 54 heavy (non-hydrogen) atoms. The maximum Gasteiger partial charge on any atom is 0.135 e.